The molecule has 86 valence electrons. The van der Waals surface area contributed by atoms with Crippen molar-refractivity contribution < 1.29 is 9.53 Å². The van der Waals surface area contributed by atoms with E-state index in [9.17, 15) is 4.79 Å². The van der Waals surface area contributed by atoms with Crippen LogP contribution in [0.25, 0.3) is 10.9 Å². The topological polar surface area (TPSA) is 31.2 Å². The van der Waals surface area contributed by atoms with Gasteiger partial charge in [-0.15, -0.1) is 0 Å². The van der Waals surface area contributed by atoms with E-state index in [0.29, 0.717) is 5.46 Å². The zero-order valence-electron chi connectivity index (χ0n) is 10.2. The summed E-state index contributed by atoms with van der Waals surface area (Å²) in [7, 11) is 5.85. The lowest BCUT2D eigenvalue weighted by molar-refractivity contribution is 0.0544. The van der Waals surface area contributed by atoms with Crippen molar-refractivity contribution in [1.82, 2.24) is 4.57 Å². The van der Waals surface area contributed by atoms with Crippen LogP contribution in [0.3, 0.4) is 0 Å². The van der Waals surface area contributed by atoms with Gasteiger partial charge in [-0.25, -0.2) is 4.79 Å². The number of hydrogen-bond donors (Lipinski definition) is 0. The van der Waals surface area contributed by atoms with Crippen LogP contribution >= 0.6 is 0 Å². The van der Waals surface area contributed by atoms with Crippen LogP contribution in [-0.2, 0) is 4.74 Å². The van der Waals surface area contributed by atoms with E-state index >= 15 is 0 Å². The quantitative estimate of drug-likeness (QED) is 0.646. The first-order chi connectivity index (χ1) is 7.88. The molecule has 0 aliphatic rings. The van der Waals surface area contributed by atoms with Gasteiger partial charge >= 0.3 is 6.09 Å². The molecular formula is C13H14BNO2. The first kappa shape index (κ1) is 11.8. The number of aromatic nitrogens is 1. The Bertz CT molecular complexity index is 566. The van der Waals surface area contributed by atoms with Crippen LogP contribution in [0, 0.1) is 0 Å². The van der Waals surface area contributed by atoms with Crippen molar-refractivity contribution in [1.29, 1.82) is 0 Å². The Kier molecular flexibility index (Phi) is 2.73. The number of ether oxygens (including phenoxy) is 1. The summed E-state index contributed by atoms with van der Waals surface area (Å²) in [6.45, 7) is 5.50. The van der Waals surface area contributed by atoms with E-state index in [1.165, 1.54) is 4.57 Å². The summed E-state index contributed by atoms with van der Waals surface area (Å²) in [5.41, 5.74) is 0.822. The molecule has 0 bridgehead atoms. The molecule has 0 amide bonds. The van der Waals surface area contributed by atoms with Gasteiger partial charge in [-0.05, 0) is 32.2 Å². The lowest BCUT2D eigenvalue weighted by Crippen LogP contribution is -2.26. The lowest BCUT2D eigenvalue weighted by atomic mass is 9.96. The summed E-state index contributed by atoms with van der Waals surface area (Å²) in [5, 5.41) is 0.860. The third-order valence-corrected chi connectivity index (χ3v) is 2.33. The lowest BCUT2D eigenvalue weighted by Gasteiger charge is -2.19. The van der Waals surface area contributed by atoms with Crippen molar-refractivity contribution in [2.75, 3.05) is 0 Å². The molecule has 0 unspecified atom stereocenters. The second-order valence-corrected chi connectivity index (χ2v) is 4.95. The fourth-order valence-corrected chi connectivity index (χ4v) is 1.67. The van der Waals surface area contributed by atoms with Gasteiger partial charge in [0.05, 0.1) is 5.52 Å². The Hall–Kier alpha value is -1.71. The fraction of sp³-hybridized carbons (Fsp3) is 0.308. The molecule has 3 nitrogen and oxygen atoms in total. The Balaban J connectivity index is 2.46. The first-order valence-electron chi connectivity index (χ1n) is 5.47. The number of hydrogen-bond acceptors (Lipinski definition) is 2. The van der Waals surface area contributed by atoms with Crippen molar-refractivity contribution in [2.45, 2.75) is 26.4 Å². The van der Waals surface area contributed by atoms with Gasteiger partial charge in [0, 0.05) is 6.20 Å². The number of carbonyl (C=O) groups excluding carboxylic acids is 1. The average Bonchev–Trinajstić information content (AvgIpc) is 2.55. The second-order valence-electron chi connectivity index (χ2n) is 4.95. The van der Waals surface area contributed by atoms with Gasteiger partial charge in [0.25, 0.3) is 0 Å². The van der Waals surface area contributed by atoms with Crippen LogP contribution in [0.2, 0.25) is 0 Å². The van der Waals surface area contributed by atoms with Crippen molar-refractivity contribution in [3.8, 4) is 0 Å². The van der Waals surface area contributed by atoms with Crippen molar-refractivity contribution in [2.24, 2.45) is 0 Å². The highest BCUT2D eigenvalue weighted by Crippen LogP contribution is 2.15. The largest absolute Gasteiger partial charge is 0.443 e. The number of para-hydroxylation sites is 1. The van der Waals surface area contributed by atoms with E-state index in [0.717, 1.165) is 10.9 Å². The maximum absolute atomic E-state index is 12.0. The van der Waals surface area contributed by atoms with Gasteiger partial charge in [-0.3, -0.25) is 4.57 Å². The van der Waals surface area contributed by atoms with Gasteiger partial charge in [-0.2, -0.15) is 0 Å². The highest BCUT2D eigenvalue weighted by atomic mass is 16.6. The molecule has 1 heterocycles. The van der Waals surface area contributed by atoms with Crippen LogP contribution in [0.15, 0.2) is 30.5 Å². The minimum Gasteiger partial charge on any atom is -0.443 e. The van der Waals surface area contributed by atoms with Gasteiger partial charge in [0.1, 0.15) is 13.4 Å². The van der Waals surface area contributed by atoms with Crippen LogP contribution in [-0.4, -0.2) is 24.1 Å². The predicted octanol–water partition coefficient (Wildman–Crippen LogP) is 2.22. The Morgan fingerprint density at radius 3 is 2.59 bits per heavy atom. The number of fused-ring (bicyclic) bond motifs is 1. The van der Waals surface area contributed by atoms with Crippen molar-refractivity contribution >= 4 is 30.3 Å². The van der Waals surface area contributed by atoms with Crippen LogP contribution in [0.4, 0.5) is 4.79 Å². The van der Waals surface area contributed by atoms with Crippen molar-refractivity contribution in [3.63, 3.8) is 0 Å². The van der Waals surface area contributed by atoms with E-state index < -0.39 is 11.7 Å². The first-order valence-corrected chi connectivity index (χ1v) is 5.47. The molecular weight excluding hydrogens is 213 g/mol. The zero-order valence-corrected chi connectivity index (χ0v) is 10.2. The molecule has 1 aromatic heterocycles. The molecule has 2 aromatic rings. The SMILES string of the molecule is [B]c1cn(C(=O)OC(C)(C)C)c2ccccc12. The highest BCUT2D eigenvalue weighted by molar-refractivity contribution is 6.39. The Morgan fingerprint density at radius 2 is 1.94 bits per heavy atom. The summed E-state index contributed by atoms with van der Waals surface area (Å²) in [6, 6.07) is 7.47. The minimum absolute atomic E-state index is 0.412. The summed E-state index contributed by atoms with van der Waals surface area (Å²) >= 11 is 0. The van der Waals surface area contributed by atoms with Gasteiger partial charge in [0.2, 0.25) is 0 Å². The summed E-state index contributed by atoms with van der Waals surface area (Å²) < 4.78 is 6.75. The number of nitrogens with zero attached hydrogens (tertiary/aromatic N) is 1. The molecule has 0 aliphatic heterocycles. The molecule has 0 saturated carbocycles. The summed E-state index contributed by atoms with van der Waals surface area (Å²) in [5.74, 6) is 0. The van der Waals surface area contributed by atoms with Gasteiger partial charge in [0.15, 0.2) is 0 Å². The standard InChI is InChI=1S/C13H14BNO2/c1-13(2,3)17-12(16)15-8-10(14)9-6-4-5-7-11(9)15/h4-8H,1-3H3. The highest BCUT2D eigenvalue weighted by Gasteiger charge is 2.19. The molecule has 0 atom stereocenters. The maximum Gasteiger partial charge on any atom is 0.418 e. The predicted molar refractivity (Wildman–Crippen MR) is 69.0 cm³/mol. The van der Waals surface area contributed by atoms with Gasteiger partial charge < -0.3 is 4.74 Å². The van der Waals surface area contributed by atoms with Gasteiger partial charge in [-0.1, -0.05) is 23.7 Å². The Morgan fingerprint density at radius 1 is 1.29 bits per heavy atom. The van der Waals surface area contributed by atoms with E-state index in [1.54, 1.807) is 6.20 Å². The summed E-state index contributed by atoms with van der Waals surface area (Å²) in [4.78, 5) is 12.0. The van der Waals surface area contributed by atoms with Crippen LogP contribution in [0.5, 0.6) is 0 Å². The smallest absolute Gasteiger partial charge is 0.418 e. The maximum atomic E-state index is 12.0. The molecule has 2 rings (SSSR count). The number of rotatable bonds is 0. The molecule has 0 N–H and O–H groups in total. The molecule has 0 saturated heterocycles. The molecule has 2 radical (unpaired) electrons. The molecule has 17 heavy (non-hydrogen) atoms. The van der Waals surface area contributed by atoms with Crippen molar-refractivity contribution in [3.05, 3.63) is 30.5 Å². The van der Waals surface area contributed by atoms with E-state index in [2.05, 4.69) is 0 Å². The third kappa shape index (κ3) is 2.35. The molecule has 0 aliphatic carbocycles. The molecule has 1 aromatic carbocycles. The Labute approximate surface area is 102 Å². The fourth-order valence-electron chi connectivity index (χ4n) is 1.67. The summed E-state index contributed by atoms with van der Waals surface area (Å²) in [6.07, 6.45) is 1.18. The van der Waals surface area contributed by atoms with Crippen LogP contribution < -0.4 is 5.46 Å². The number of carbonyl (C=O) groups is 1. The normalized spacial score (nSPS) is 11.7. The van der Waals surface area contributed by atoms with E-state index in [4.69, 9.17) is 12.6 Å². The number of benzene rings is 1. The molecule has 4 heteroatoms. The zero-order chi connectivity index (χ0) is 12.6. The minimum atomic E-state index is -0.517. The average molecular weight is 227 g/mol. The molecule has 0 fully saturated rings. The molecule has 0 spiro atoms. The third-order valence-electron chi connectivity index (χ3n) is 2.33. The van der Waals surface area contributed by atoms with E-state index in [-0.39, 0.29) is 0 Å². The van der Waals surface area contributed by atoms with E-state index in [1.807, 2.05) is 45.0 Å². The monoisotopic (exact) mass is 227 g/mol. The second kappa shape index (κ2) is 3.95. The van der Waals surface area contributed by atoms with Crippen LogP contribution in [0.1, 0.15) is 20.8 Å².